The molecule has 2 nitrogen and oxygen atoms in total. The van der Waals surface area contributed by atoms with Gasteiger partial charge in [-0.1, -0.05) is 23.7 Å². The molecule has 0 aliphatic heterocycles. The highest BCUT2D eigenvalue weighted by molar-refractivity contribution is 6.31. The fraction of sp³-hybridized carbons (Fsp3) is 0.286. The fourth-order valence-electron chi connectivity index (χ4n) is 1.78. The SMILES string of the molecule is Cc1ccc(Cn2ccc(C(C)O)c2)c(Cl)c1. The Labute approximate surface area is 106 Å². The molecule has 90 valence electrons. The second-order valence-electron chi connectivity index (χ2n) is 4.39. The van der Waals surface area contributed by atoms with Gasteiger partial charge in [0.1, 0.15) is 0 Å². The van der Waals surface area contributed by atoms with E-state index in [0.29, 0.717) is 0 Å². The molecule has 0 radical (unpaired) electrons. The zero-order chi connectivity index (χ0) is 12.4. The Hall–Kier alpha value is -1.25. The van der Waals surface area contributed by atoms with Crippen LogP contribution < -0.4 is 0 Å². The number of aromatic nitrogens is 1. The maximum absolute atomic E-state index is 9.45. The minimum Gasteiger partial charge on any atom is -0.389 e. The predicted molar refractivity (Wildman–Crippen MR) is 70.4 cm³/mol. The molecule has 1 unspecified atom stereocenters. The number of benzene rings is 1. The third kappa shape index (κ3) is 2.90. The molecule has 1 N–H and O–H groups in total. The number of hydrogen-bond donors (Lipinski definition) is 1. The van der Waals surface area contributed by atoms with E-state index in [9.17, 15) is 5.11 Å². The van der Waals surface area contributed by atoms with Gasteiger partial charge in [-0.2, -0.15) is 0 Å². The lowest BCUT2D eigenvalue weighted by atomic mass is 10.1. The van der Waals surface area contributed by atoms with E-state index >= 15 is 0 Å². The van der Waals surface area contributed by atoms with Crippen molar-refractivity contribution >= 4 is 11.6 Å². The highest BCUT2D eigenvalue weighted by Gasteiger charge is 2.05. The fourth-order valence-corrected chi connectivity index (χ4v) is 2.08. The summed E-state index contributed by atoms with van der Waals surface area (Å²) in [4.78, 5) is 0. The summed E-state index contributed by atoms with van der Waals surface area (Å²) in [6, 6.07) is 7.99. The van der Waals surface area contributed by atoms with Crippen LogP contribution in [0.15, 0.2) is 36.7 Å². The smallest absolute Gasteiger partial charge is 0.0776 e. The van der Waals surface area contributed by atoms with Crippen LogP contribution in [0.4, 0.5) is 0 Å². The van der Waals surface area contributed by atoms with E-state index in [1.54, 1.807) is 6.92 Å². The maximum Gasteiger partial charge on any atom is 0.0776 e. The molecule has 17 heavy (non-hydrogen) atoms. The van der Waals surface area contributed by atoms with E-state index in [1.807, 2.05) is 42.1 Å². The molecular weight excluding hydrogens is 234 g/mol. The first kappa shape index (κ1) is 12.2. The first-order chi connectivity index (χ1) is 8.06. The number of aryl methyl sites for hydroxylation is 1. The summed E-state index contributed by atoms with van der Waals surface area (Å²) in [7, 11) is 0. The van der Waals surface area contributed by atoms with Gasteiger partial charge in [0, 0.05) is 24.0 Å². The van der Waals surface area contributed by atoms with Gasteiger partial charge in [-0.3, -0.25) is 0 Å². The van der Waals surface area contributed by atoms with E-state index in [4.69, 9.17) is 11.6 Å². The number of nitrogens with zero attached hydrogens (tertiary/aromatic N) is 1. The number of rotatable bonds is 3. The van der Waals surface area contributed by atoms with Crippen molar-refractivity contribution in [3.05, 3.63) is 58.4 Å². The summed E-state index contributed by atoms with van der Waals surface area (Å²) in [5.74, 6) is 0. The summed E-state index contributed by atoms with van der Waals surface area (Å²) in [5.41, 5.74) is 3.18. The Morgan fingerprint density at radius 2 is 2.12 bits per heavy atom. The van der Waals surface area contributed by atoms with Crippen LogP contribution in [-0.4, -0.2) is 9.67 Å². The van der Waals surface area contributed by atoms with Crippen molar-refractivity contribution in [3.63, 3.8) is 0 Å². The standard InChI is InChI=1S/C14H16ClNO/c1-10-3-4-13(14(15)7-10)9-16-6-5-12(8-16)11(2)17/h3-8,11,17H,9H2,1-2H3. The van der Waals surface area contributed by atoms with Crippen LogP contribution in [0.3, 0.4) is 0 Å². The van der Waals surface area contributed by atoms with Gasteiger partial charge in [0.25, 0.3) is 0 Å². The molecule has 0 bridgehead atoms. The average Bonchev–Trinajstić information content (AvgIpc) is 2.71. The van der Waals surface area contributed by atoms with Crippen molar-refractivity contribution in [2.24, 2.45) is 0 Å². The number of aliphatic hydroxyl groups is 1. The van der Waals surface area contributed by atoms with Crippen molar-refractivity contribution in [2.45, 2.75) is 26.5 Å². The van der Waals surface area contributed by atoms with Crippen molar-refractivity contribution in [1.82, 2.24) is 4.57 Å². The van der Waals surface area contributed by atoms with E-state index in [0.717, 1.165) is 28.3 Å². The van der Waals surface area contributed by atoms with Crippen LogP contribution in [0, 0.1) is 6.92 Å². The van der Waals surface area contributed by atoms with Gasteiger partial charge in [-0.15, -0.1) is 0 Å². The zero-order valence-corrected chi connectivity index (χ0v) is 10.8. The summed E-state index contributed by atoms with van der Waals surface area (Å²) in [5, 5.41) is 10.2. The first-order valence-corrected chi connectivity index (χ1v) is 6.03. The maximum atomic E-state index is 9.45. The largest absolute Gasteiger partial charge is 0.389 e. The van der Waals surface area contributed by atoms with Crippen molar-refractivity contribution in [1.29, 1.82) is 0 Å². The van der Waals surface area contributed by atoms with Gasteiger partial charge in [-0.05, 0) is 42.7 Å². The lowest BCUT2D eigenvalue weighted by Crippen LogP contribution is -1.98. The Balaban J connectivity index is 2.19. The summed E-state index contributed by atoms with van der Waals surface area (Å²) in [6.07, 6.45) is 3.48. The number of aliphatic hydroxyl groups excluding tert-OH is 1. The molecule has 1 aromatic heterocycles. The minimum atomic E-state index is -0.426. The highest BCUT2D eigenvalue weighted by Crippen LogP contribution is 2.20. The van der Waals surface area contributed by atoms with Gasteiger partial charge in [-0.25, -0.2) is 0 Å². The monoisotopic (exact) mass is 249 g/mol. The van der Waals surface area contributed by atoms with Gasteiger partial charge in [0.05, 0.1) is 6.10 Å². The highest BCUT2D eigenvalue weighted by atomic mass is 35.5. The average molecular weight is 250 g/mol. The summed E-state index contributed by atoms with van der Waals surface area (Å²) >= 11 is 6.19. The molecule has 0 aliphatic rings. The molecule has 0 aliphatic carbocycles. The zero-order valence-electron chi connectivity index (χ0n) is 10.0. The van der Waals surface area contributed by atoms with Crippen molar-refractivity contribution < 1.29 is 5.11 Å². The third-order valence-corrected chi connectivity index (χ3v) is 3.17. The topological polar surface area (TPSA) is 25.2 Å². The molecular formula is C14H16ClNO. The number of halogens is 1. The molecule has 0 fully saturated rings. The van der Waals surface area contributed by atoms with Crippen molar-refractivity contribution in [2.75, 3.05) is 0 Å². The second-order valence-corrected chi connectivity index (χ2v) is 4.80. The molecule has 2 aromatic rings. The first-order valence-electron chi connectivity index (χ1n) is 5.65. The third-order valence-electron chi connectivity index (χ3n) is 2.82. The van der Waals surface area contributed by atoms with Crippen LogP contribution in [0.1, 0.15) is 29.7 Å². The summed E-state index contributed by atoms with van der Waals surface area (Å²) < 4.78 is 2.03. The van der Waals surface area contributed by atoms with Crippen molar-refractivity contribution in [3.8, 4) is 0 Å². The van der Waals surface area contributed by atoms with E-state index in [1.165, 1.54) is 0 Å². The quantitative estimate of drug-likeness (QED) is 0.884. The van der Waals surface area contributed by atoms with Crippen LogP contribution >= 0.6 is 11.6 Å². The van der Waals surface area contributed by atoms with Crippen LogP contribution in [0.5, 0.6) is 0 Å². The van der Waals surface area contributed by atoms with Gasteiger partial charge < -0.3 is 9.67 Å². The molecule has 0 saturated carbocycles. The lowest BCUT2D eigenvalue weighted by Gasteiger charge is -2.07. The van der Waals surface area contributed by atoms with Gasteiger partial charge in [0.15, 0.2) is 0 Å². The minimum absolute atomic E-state index is 0.426. The second kappa shape index (κ2) is 4.94. The van der Waals surface area contributed by atoms with Gasteiger partial charge in [0.2, 0.25) is 0 Å². The van der Waals surface area contributed by atoms with E-state index in [2.05, 4.69) is 6.07 Å². The molecule has 2 rings (SSSR count). The Morgan fingerprint density at radius 3 is 2.71 bits per heavy atom. The molecule has 0 amide bonds. The lowest BCUT2D eigenvalue weighted by molar-refractivity contribution is 0.199. The molecule has 1 aromatic carbocycles. The van der Waals surface area contributed by atoms with E-state index in [-0.39, 0.29) is 0 Å². The molecule has 1 atom stereocenters. The summed E-state index contributed by atoms with van der Waals surface area (Å²) in [6.45, 7) is 4.52. The Morgan fingerprint density at radius 1 is 1.35 bits per heavy atom. The normalized spacial score (nSPS) is 12.7. The van der Waals surface area contributed by atoms with E-state index < -0.39 is 6.10 Å². The Kier molecular flexibility index (Phi) is 3.55. The molecule has 0 spiro atoms. The molecule has 3 heteroatoms. The van der Waals surface area contributed by atoms with Crippen LogP contribution in [-0.2, 0) is 6.54 Å². The molecule has 0 saturated heterocycles. The predicted octanol–water partition coefficient (Wildman–Crippen LogP) is 3.55. The van der Waals surface area contributed by atoms with Crippen LogP contribution in [0.2, 0.25) is 5.02 Å². The molecule has 1 heterocycles. The number of hydrogen-bond acceptors (Lipinski definition) is 1. The Bertz CT molecular complexity index is 517. The van der Waals surface area contributed by atoms with Gasteiger partial charge >= 0.3 is 0 Å². The van der Waals surface area contributed by atoms with Crippen LogP contribution in [0.25, 0.3) is 0 Å².